The van der Waals surface area contributed by atoms with E-state index in [2.05, 4.69) is 5.32 Å². The van der Waals surface area contributed by atoms with Crippen LogP contribution in [0.15, 0.2) is 24.3 Å². The minimum absolute atomic E-state index is 0.116. The monoisotopic (exact) mass is 316 g/mol. The molecule has 0 aromatic heterocycles. The van der Waals surface area contributed by atoms with Gasteiger partial charge in [0.1, 0.15) is 0 Å². The van der Waals surface area contributed by atoms with Crippen molar-refractivity contribution in [1.82, 2.24) is 4.90 Å². The van der Waals surface area contributed by atoms with E-state index < -0.39 is 17.8 Å². The summed E-state index contributed by atoms with van der Waals surface area (Å²) in [6.45, 7) is 3.23. The summed E-state index contributed by atoms with van der Waals surface area (Å²) >= 11 is 0. The molecule has 0 spiro atoms. The van der Waals surface area contributed by atoms with Crippen LogP contribution in [0.1, 0.15) is 18.9 Å². The maximum atomic E-state index is 12.4. The molecule has 1 saturated heterocycles. The summed E-state index contributed by atoms with van der Waals surface area (Å²) in [4.78, 5) is 13.7. The summed E-state index contributed by atoms with van der Waals surface area (Å²) in [5, 5.41) is 12.3. The number of hydrogen-bond donors (Lipinski definition) is 2. The molecule has 22 heavy (non-hydrogen) atoms. The van der Waals surface area contributed by atoms with Crippen LogP contribution in [0.5, 0.6) is 0 Å². The Morgan fingerprint density at radius 1 is 1.36 bits per heavy atom. The number of nitrogens with zero attached hydrogens (tertiary/aromatic N) is 1. The molecule has 122 valence electrons. The molecule has 2 rings (SSSR count). The maximum absolute atomic E-state index is 12.4. The molecule has 0 aliphatic carbocycles. The van der Waals surface area contributed by atoms with E-state index in [0.29, 0.717) is 12.2 Å². The maximum Gasteiger partial charge on any atom is 0.416 e. The zero-order valence-electron chi connectivity index (χ0n) is 12.2. The Balaban J connectivity index is 1.87. The van der Waals surface area contributed by atoms with Crippen molar-refractivity contribution in [2.75, 3.05) is 25.0 Å². The van der Waals surface area contributed by atoms with E-state index in [0.717, 1.165) is 25.1 Å². The number of anilines is 1. The summed E-state index contributed by atoms with van der Waals surface area (Å²) in [6.07, 6.45) is -4.02. The summed E-state index contributed by atoms with van der Waals surface area (Å²) in [7, 11) is 0. The molecule has 0 saturated carbocycles. The number of β-amino-alcohol motifs (C(OH)–C–C–N with tert-alkyl or cyclic N) is 1. The first-order valence-corrected chi connectivity index (χ1v) is 7.13. The van der Waals surface area contributed by atoms with Crippen molar-refractivity contribution in [3.8, 4) is 0 Å². The van der Waals surface area contributed by atoms with E-state index in [1.807, 2.05) is 11.8 Å². The van der Waals surface area contributed by atoms with Crippen LogP contribution in [0.3, 0.4) is 0 Å². The topological polar surface area (TPSA) is 52.6 Å². The minimum Gasteiger partial charge on any atom is -0.392 e. The van der Waals surface area contributed by atoms with Crippen molar-refractivity contribution < 1.29 is 23.1 Å². The molecule has 1 heterocycles. The molecular formula is C15H19F3N2O2. The Morgan fingerprint density at radius 3 is 2.55 bits per heavy atom. The lowest BCUT2D eigenvalue weighted by molar-refractivity contribution is -0.137. The van der Waals surface area contributed by atoms with E-state index >= 15 is 0 Å². The van der Waals surface area contributed by atoms with Gasteiger partial charge in [-0.3, -0.25) is 9.69 Å². The lowest BCUT2D eigenvalue weighted by Gasteiger charge is -2.33. The van der Waals surface area contributed by atoms with Gasteiger partial charge in [0, 0.05) is 12.2 Å². The average Bonchev–Trinajstić information content (AvgIpc) is 2.42. The van der Waals surface area contributed by atoms with Crippen LogP contribution in [0.2, 0.25) is 0 Å². The van der Waals surface area contributed by atoms with Gasteiger partial charge in [0.05, 0.1) is 18.2 Å². The second-order valence-electron chi connectivity index (χ2n) is 5.69. The molecule has 1 aromatic carbocycles. The van der Waals surface area contributed by atoms with Crippen molar-refractivity contribution >= 4 is 11.6 Å². The molecule has 1 aromatic rings. The Morgan fingerprint density at radius 2 is 2.00 bits per heavy atom. The summed E-state index contributed by atoms with van der Waals surface area (Å²) in [5.74, 6) is -0.0873. The highest BCUT2D eigenvalue weighted by Gasteiger charge is 2.30. The molecule has 1 fully saturated rings. The van der Waals surface area contributed by atoms with E-state index in [1.54, 1.807) is 0 Å². The van der Waals surface area contributed by atoms with E-state index in [-0.39, 0.29) is 18.4 Å². The second kappa shape index (κ2) is 6.66. The lowest BCUT2D eigenvalue weighted by atomic mass is 9.96. The third kappa shape index (κ3) is 4.45. The highest BCUT2D eigenvalue weighted by atomic mass is 19.4. The van der Waals surface area contributed by atoms with Crippen LogP contribution in [0.4, 0.5) is 18.9 Å². The Kier molecular flexibility index (Phi) is 5.08. The Labute approximate surface area is 126 Å². The predicted octanol–water partition coefficient (Wildman–Crippen LogP) is 2.35. The van der Waals surface area contributed by atoms with Crippen LogP contribution < -0.4 is 5.32 Å². The number of aliphatic hydroxyl groups excluding tert-OH is 1. The number of halogens is 3. The molecule has 2 unspecified atom stereocenters. The number of amides is 1. The zero-order valence-corrected chi connectivity index (χ0v) is 12.2. The third-order valence-electron chi connectivity index (χ3n) is 3.87. The smallest absolute Gasteiger partial charge is 0.392 e. The molecule has 1 aliphatic rings. The van der Waals surface area contributed by atoms with Crippen molar-refractivity contribution in [2.24, 2.45) is 5.92 Å². The number of carbonyl (C=O) groups excluding carboxylic acids is 1. The van der Waals surface area contributed by atoms with Crippen LogP contribution >= 0.6 is 0 Å². The van der Waals surface area contributed by atoms with Gasteiger partial charge >= 0.3 is 6.18 Å². The molecule has 0 radical (unpaired) electrons. The van der Waals surface area contributed by atoms with Gasteiger partial charge in [-0.2, -0.15) is 13.2 Å². The lowest BCUT2D eigenvalue weighted by Crippen LogP contribution is -2.45. The zero-order chi connectivity index (χ0) is 16.3. The van der Waals surface area contributed by atoms with Gasteiger partial charge in [0.25, 0.3) is 0 Å². The average molecular weight is 316 g/mol. The number of hydrogen-bond acceptors (Lipinski definition) is 3. The normalized spacial score (nSPS) is 23.3. The first-order chi connectivity index (χ1) is 10.3. The number of piperidine rings is 1. The van der Waals surface area contributed by atoms with Gasteiger partial charge in [-0.1, -0.05) is 6.92 Å². The van der Waals surface area contributed by atoms with E-state index in [9.17, 15) is 23.1 Å². The fraction of sp³-hybridized carbons (Fsp3) is 0.533. The molecule has 2 atom stereocenters. The molecule has 7 heteroatoms. The van der Waals surface area contributed by atoms with Crippen molar-refractivity contribution in [2.45, 2.75) is 25.6 Å². The van der Waals surface area contributed by atoms with Crippen molar-refractivity contribution in [3.05, 3.63) is 29.8 Å². The SMILES string of the molecule is CC1CCN(CC(=O)Nc2ccc(C(F)(F)F)cc2)CC1O. The summed E-state index contributed by atoms with van der Waals surface area (Å²) < 4.78 is 37.3. The van der Waals surface area contributed by atoms with E-state index in [1.165, 1.54) is 12.1 Å². The second-order valence-corrected chi connectivity index (χ2v) is 5.69. The molecule has 1 amide bonds. The highest BCUT2D eigenvalue weighted by Crippen LogP contribution is 2.29. The first kappa shape index (κ1) is 16.8. The molecule has 2 N–H and O–H groups in total. The summed E-state index contributed by atoms with van der Waals surface area (Å²) in [6, 6.07) is 4.32. The van der Waals surface area contributed by atoms with Crippen molar-refractivity contribution in [3.63, 3.8) is 0 Å². The van der Waals surface area contributed by atoms with Crippen molar-refractivity contribution in [1.29, 1.82) is 0 Å². The fourth-order valence-corrected chi connectivity index (χ4v) is 2.40. The van der Waals surface area contributed by atoms with E-state index in [4.69, 9.17) is 0 Å². The van der Waals surface area contributed by atoms with Gasteiger partial charge in [-0.05, 0) is 43.1 Å². The van der Waals surface area contributed by atoms with Crippen LogP contribution in [-0.4, -0.2) is 41.7 Å². The number of rotatable bonds is 3. The first-order valence-electron chi connectivity index (χ1n) is 7.13. The van der Waals surface area contributed by atoms with Crippen LogP contribution in [-0.2, 0) is 11.0 Å². The standard InChI is InChI=1S/C15H19F3N2O2/c1-10-6-7-20(8-13(10)21)9-14(22)19-12-4-2-11(3-5-12)15(16,17)18/h2-5,10,13,21H,6-9H2,1H3,(H,19,22). The largest absolute Gasteiger partial charge is 0.416 e. The number of alkyl halides is 3. The number of likely N-dealkylation sites (tertiary alicyclic amines) is 1. The molecule has 1 aliphatic heterocycles. The number of benzene rings is 1. The summed E-state index contributed by atoms with van der Waals surface area (Å²) in [5.41, 5.74) is -0.428. The fourth-order valence-electron chi connectivity index (χ4n) is 2.40. The predicted molar refractivity (Wildman–Crippen MR) is 76.3 cm³/mol. The van der Waals surface area contributed by atoms with Gasteiger partial charge in [-0.25, -0.2) is 0 Å². The van der Waals surface area contributed by atoms with Gasteiger partial charge in [0.2, 0.25) is 5.91 Å². The molecular weight excluding hydrogens is 297 g/mol. The van der Waals surface area contributed by atoms with Gasteiger partial charge < -0.3 is 10.4 Å². The molecule has 4 nitrogen and oxygen atoms in total. The third-order valence-corrected chi connectivity index (χ3v) is 3.87. The minimum atomic E-state index is -4.39. The number of nitrogens with one attached hydrogen (secondary N) is 1. The molecule has 0 bridgehead atoms. The van der Waals surface area contributed by atoms with Gasteiger partial charge in [-0.15, -0.1) is 0 Å². The highest BCUT2D eigenvalue weighted by molar-refractivity contribution is 5.92. The van der Waals surface area contributed by atoms with Crippen LogP contribution in [0.25, 0.3) is 0 Å². The van der Waals surface area contributed by atoms with Gasteiger partial charge in [0.15, 0.2) is 0 Å². The number of carbonyl (C=O) groups is 1. The Hall–Kier alpha value is -1.60. The van der Waals surface area contributed by atoms with Crippen LogP contribution in [0, 0.1) is 5.92 Å². The quantitative estimate of drug-likeness (QED) is 0.900. The number of aliphatic hydroxyl groups is 1. The Bertz CT molecular complexity index is 517.